The lowest BCUT2D eigenvalue weighted by molar-refractivity contribution is -0.119. The van der Waals surface area contributed by atoms with E-state index in [2.05, 4.69) is 5.32 Å². The largest absolute Gasteiger partial charge is 0.497 e. The number of rotatable bonds is 8. The van der Waals surface area contributed by atoms with Crippen molar-refractivity contribution in [1.82, 2.24) is 4.90 Å². The van der Waals surface area contributed by atoms with Crippen LogP contribution >= 0.6 is 23.4 Å². The normalized spacial score (nSPS) is 15.5. The van der Waals surface area contributed by atoms with E-state index in [4.69, 9.17) is 25.8 Å². The Morgan fingerprint density at radius 2 is 1.94 bits per heavy atom. The van der Waals surface area contributed by atoms with Crippen LogP contribution in [0.2, 0.25) is 5.02 Å². The van der Waals surface area contributed by atoms with Crippen LogP contribution < -0.4 is 19.5 Å². The average Bonchev–Trinajstić information content (AvgIpc) is 3.28. The molecule has 0 radical (unpaired) electrons. The number of halogens is 1. The molecule has 1 atom stereocenters. The lowest BCUT2D eigenvalue weighted by Crippen LogP contribution is -2.44. The monoisotopic (exact) mass is 464 g/mol. The van der Waals surface area contributed by atoms with Crippen molar-refractivity contribution in [2.75, 3.05) is 37.8 Å². The van der Waals surface area contributed by atoms with Gasteiger partial charge < -0.3 is 24.4 Å². The predicted molar refractivity (Wildman–Crippen MR) is 123 cm³/mol. The smallest absolute Gasteiger partial charge is 0.255 e. The summed E-state index contributed by atoms with van der Waals surface area (Å²) >= 11 is 7.88. The van der Waals surface area contributed by atoms with Crippen LogP contribution in [0.15, 0.2) is 36.4 Å². The highest BCUT2D eigenvalue weighted by atomic mass is 35.5. The van der Waals surface area contributed by atoms with Crippen LogP contribution in [0.3, 0.4) is 0 Å². The molecule has 7 nitrogen and oxygen atoms in total. The summed E-state index contributed by atoms with van der Waals surface area (Å²) in [4.78, 5) is 27.6. The number of anilines is 1. The number of nitrogens with one attached hydrogen (secondary N) is 1. The van der Waals surface area contributed by atoms with Crippen LogP contribution in [0.1, 0.15) is 23.7 Å². The van der Waals surface area contributed by atoms with E-state index in [9.17, 15) is 9.59 Å². The maximum Gasteiger partial charge on any atom is 0.255 e. The van der Waals surface area contributed by atoms with Crippen molar-refractivity contribution >= 4 is 40.9 Å². The molecule has 1 unspecified atom stereocenters. The first kappa shape index (κ1) is 23.1. The van der Waals surface area contributed by atoms with E-state index in [0.717, 1.165) is 6.42 Å². The van der Waals surface area contributed by atoms with Crippen molar-refractivity contribution in [3.8, 4) is 17.2 Å². The number of thioether (sulfide) groups is 1. The van der Waals surface area contributed by atoms with Crippen LogP contribution in [0, 0.1) is 0 Å². The number of ether oxygens (including phenoxy) is 3. The van der Waals surface area contributed by atoms with E-state index in [1.807, 2.05) is 6.92 Å². The van der Waals surface area contributed by atoms with Crippen LogP contribution in [0.4, 0.5) is 5.69 Å². The zero-order valence-corrected chi connectivity index (χ0v) is 19.2. The minimum absolute atomic E-state index is 0.246. The molecule has 1 saturated heterocycles. The summed E-state index contributed by atoms with van der Waals surface area (Å²) in [6.45, 7) is 2.47. The third-order valence-electron chi connectivity index (χ3n) is 4.73. The Balaban J connectivity index is 1.77. The standard InChI is InChI=1S/C22H25ClN2O5S/c1-4-9-30-20-17(23)10-14(11-19(20)29-3)22(27)25-13-31-12-18(25)21(26)24-15-5-7-16(28-2)8-6-15/h5-8,10-11,18H,4,9,12-13H2,1-3H3,(H,24,26). The number of nitrogens with zero attached hydrogens (tertiary/aromatic N) is 1. The van der Waals surface area contributed by atoms with Gasteiger partial charge in [-0.15, -0.1) is 11.8 Å². The Morgan fingerprint density at radius 1 is 1.19 bits per heavy atom. The lowest BCUT2D eigenvalue weighted by atomic mass is 10.1. The third kappa shape index (κ3) is 5.37. The first-order valence-electron chi connectivity index (χ1n) is 9.82. The predicted octanol–water partition coefficient (Wildman–Crippen LogP) is 4.30. The molecule has 2 aromatic rings. The van der Waals surface area contributed by atoms with E-state index >= 15 is 0 Å². The van der Waals surface area contributed by atoms with Gasteiger partial charge in [0.15, 0.2) is 11.5 Å². The highest BCUT2D eigenvalue weighted by Gasteiger charge is 2.35. The first-order chi connectivity index (χ1) is 15.0. The van der Waals surface area contributed by atoms with Crippen molar-refractivity contribution in [1.29, 1.82) is 0 Å². The Hall–Kier alpha value is -2.58. The zero-order chi connectivity index (χ0) is 22.4. The molecule has 0 aliphatic carbocycles. The number of amides is 2. The van der Waals surface area contributed by atoms with Gasteiger partial charge in [-0.2, -0.15) is 0 Å². The van der Waals surface area contributed by atoms with Gasteiger partial charge in [-0.3, -0.25) is 9.59 Å². The van der Waals surface area contributed by atoms with E-state index in [-0.39, 0.29) is 11.8 Å². The molecule has 0 bridgehead atoms. The molecule has 1 N–H and O–H groups in total. The molecule has 0 saturated carbocycles. The number of benzene rings is 2. The van der Waals surface area contributed by atoms with Crippen molar-refractivity contribution in [3.05, 3.63) is 47.0 Å². The maximum absolute atomic E-state index is 13.2. The molecule has 166 valence electrons. The van der Waals surface area contributed by atoms with Gasteiger partial charge in [0.1, 0.15) is 11.8 Å². The Labute approximate surface area is 191 Å². The third-order valence-corrected chi connectivity index (χ3v) is 6.02. The second-order valence-corrected chi connectivity index (χ2v) is 8.25. The maximum atomic E-state index is 13.2. The molecule has 0 spiro atoms. The molecule has 1 fully saturated rings. The number of carbonyl (C=O) groups excluding carboxylic acids is 2. The summed E-state index contributed by atoms with van der Waals surface area (Å²) in [7, 11) is 3.08. The molecule has 3 rings (SSSR count). The van der Waals surface area contributed by atoms with Crippen molar-refractivity contribution in [2.45, 2.75) is 19.4 Å². The van der Waals surface area contributed by atoms with Gasteiger partial charge in [-0.25, -0.2) is 0 Å². The van der Waals surface area contributed by atoms with E-state index in [1.165, 1.54) is 18.9 Å². The Morgan fingerprint density at radius 3 is 2.58 bits per heavy atom. The van der Waals surface area contributed by atoms with Gasteiger partial charge in [0.25, 0.3) is 5.91 Å². The fourth-order valence-electron chi connectivity index (χ4n) is 3.11. The van der Waals surface area contributed by atoms with E-state index in [1.54, 1.807) is 48.4 Å². The molecule has 1 aliphatic heterocycles. The minimum Gasteiger partial charge on any atom is -0.497 e. The molecular weight excluding hydrogens is 440 g/mol. The average molecular weight is 465 g/mol. The second kappa shape index (κ2) is 10.6. The van der Waals surface area contributed by atoms with Crippen molar-refractivity contribution in [2.24, 2.45) is 0 Å². The Kier molecular flexibility index (Phi) is 7.92. The summed E-state index contributed by atoms with van der Waals surface area (Å²) in [5.74, 6) is 1.88. The molecule has 0 aromatic heterocycles. The van der Waals surface area contributed by atoms with E-state index < -0.39 is 6.04 Å². The van der Waals surface area contributed by atoms with Gasteiger partial charge >= 0.3 is 0 Å². The highest BCUT2D eigenvalue weighted by molar-refractivity contribution is 7.99. The summed E-state index contributed by atoms with van der Waals surface area (Å²) in [6.07, 6.45) is 0.816. The van der Waals surface area contributed by atoms with Gasteiger partial charge in [0, 0.05) is 17.0 Å². The summed E-state index contributed by atoms with van der Waals surface area (Å²) in [5, 5.41) is 3.16. The quantitative estimate of drug-likeness (QED) is 0.627. The zero-order valence-electron chi connectivity index (χ0n) is 17.6. The molecule has 2 amide bonds. The molecule has 2 aromatic carbocycles. The van der Waals surface area contributed by atoms with Crippen molar-refractivity contribution < 1.29 is 23.8 Å². The van der Waals surface area contributed by atoms with Gasteiger partial charge in [0.2, 0.25) is 5.91 Å². The van der Waals surface area contributed by atoms with Gasteiger partial charge in [0.05, 0.1) is 31.7 Å². The fraction of sp³-hybridized carbons (Fsp3) is 0.364. The van der Waals surface area contributed by atoms with Crippen LogP contribution in [-0.4, -0.2) is 55.2 Å². The van der Waals surface area contributed by atoms with Gasteiger partial charge in [-0.1, -0.05) is 18.5 Å². The molecule has 31 heavy (non-hydrogen) atoms. The summed E-state index contributed by atoms with van der Waals surface area (Å²) < 4.78 is 16.2. The Bertz CT molecular complexity index is 938. The summed E-state index contributed by atoms with van der Waals surface area (Å²) in [6, 6.07) is 9.59. The number of hydrogen-bond acceptors (Lipinski definition) is 6. The van der Waals surface area contributed by atoms with Gasteiger partial charge in [-0.05, 0) is 42.8 Å². The SMILES string of the molecule is CCCOc1c(Cl)cc(C(=O)N2CSCC2C(=O)Nc2ccc(OC)cc2)cc1OC. The molecule has 9 heteroatoms. The lowest BCUT2D eigenvalue weighted by Gasteiger charge is -2.24. The second-order valence-electron chi connectivity index (χ2n) is 6.85. The van der Waals surface area contributed by atoms with Crippen LogP contribution in [-0.2, 0) is 4.79 Å². The van der Waals surface area contributed by atoms with Crippen molar-refractivity contribution in [3.63, 3.8) is 0 Å². The fourth-order valence-corrected chi connectivity index (χ4v) is 4.53. The number of hydrogen-bond donors (Lipinski definition) is 1. The van der Waals surface area contributed by atoms with E-state index in [0.29, 0.717) is 51.8 Å². The number of methoxy groups -OCH3 is 2. The van der Waals surface area contributed by atoms with Crippen LogP contribution in [0.25, 0.3) is 0 Å². The molecular formula is C22H25ClN2O5S. The highest BCUT2D eigenvalue weighted by Crippen LogP contribution is 2.37. The first-order valence-corrected chi connectivity index (χ1v) is 11.4. The molecule has 1 aliphatic rings. The number of carbonyl (C=O) groups is 2. The molecule has 1 heterocycles. The summed E-state index contributed by atoms with van der Waals surface area (Å²) in [5.41, 5.74) is 0.979. The topological polar surface area (TPSA) is 77.1 Å². The van der Waals surface area contributed by atoms with Crippen LogP contribution in [0.5, 0.6) is 17.2 Å². The minimum atomic E-state index is -0.597.